The molecule has 0 saturated carbocycles. The third-order valence-corrected chi connectivity index (χ3v) is 7.03. The molecule has 1 amide bonds. The molecular weight excluding hydrogens is 476 g/mol. The number of nitrogens with two attached hydrogens (primary N) is 1. The van der Waals surface area contributed by atoms with Crippen LogP contribution < -0.4 is 11.1 Å². The zero-order valence-corrected chi connectivity index (χ0v) is 19.6. The predicted molar refractivity (Wildman–Crippen MR) is 123 cm³/mol. The summed E-state index contributed by atoms with van der Waals surface area (Å²) in [4.78, 5) is 35.0. The first-order chi connectivity index (χ1) is 15.4. The molecule has 0 spiro atoms. The van der Waals surface area contributed by atoms with E-state index in [-0.39, 0.29) is 39.9 Å². The van der Waals surface area contributed by atoms with E-state index in [0.717, 1.165) is 6.07 Å². The highest BCUT2D eigenvalue weighted by Crippen LogP contribution is 2.27. The second-order valence-corrected chi connectivity index (χ2v) is 9.14. The monoisotopic (exact) mass is 498 g/mol. The Kier molecular flexibility index (Phi) is 8.36. The van der Waals surface area contributed by atoms with Crippen LogP contribution in [-0.4, -0.2) is 48.7 Å². The fraction of sp³-hybridized carbons (Fsp3) is 0.300. The smallest absolute Gasteiger partial charge is 0.339 e. The standard InChI is InChI=1S/C20H23ClN4O7S/c1-4-24(5-2)33(30,31)14-7-8-15(21)17(11-14)23-19(26)12(3)32-20(27)13-6-9-16(22)18(10-13)25(28)29/h6-12H,4-5,22H2,1-3H3,(H,23,26). The number of nitro benzene ring substituents is 1. The summed E-state index contributed by atoms with van der Waals surface area (Å²) >= 11 is 6.10. The van der Waals surface area contributed by atoms with Crippen molar-refractivity contribution in [2.45, 2.75) is 31.8 Å². The SMILES string of the molecule is CCN(CC)S(=O)(=O)c1ccc(Cl)c(NC(=O)C(C)OC(=O)c2ccc(N)c([N+](=O)[O-])c2)c1. The van der Waals surface area contributed by atoms with Crippen molar-refractivity contribution in [1.82, 2.24) is 4.31 Å². The number of benzene rings is 2. The number of nitrogen functional groups attached to an aromatic ring is 1. The molecule has 0 heterocycles. The molecule has 0 radical (unpaired) electrons. The molecule has 1 unspecified atom stereocenters. The molecule has 178 valence electrons. The number of carbonyl (C=O) groups excluding carboxylic acids is 2. The number of halogens is 1. The van der Waals surface area contributed by atoms with Gasteiger partial charge in [0.05, 0.1) is 26.1 Å². The van der Waals surface area contributed by atoms with Crippen LogP contribution in [0, 0.1) is 10.1 Å². The van der Waals surface area contributed by atoms with Crippen LogP contribution in [0.3, 0.4) is 0 Å². The molecule has 0 bridgehead atoms. The number of anilines is 2. The largest absolute Gasteiger partial charge is 0.449 e. The first-order valence-corrected chi connectivity index (χ1v) is 11.6. The van der Waals surface area contributed by atoms with E-state index in [1.807, 2.05) is 0 Å². The van der Waals surface area contributed by atoms with Crippen LogP contribution in [0.2, 0.25) is 5.02 Å². The summed E-state index contributed by atoms with van der Waals surface area (Å²) < 4.78 is 31.8. The highest BCUT2D eigenvalue weighted by Gasteiger charge is 2.25. The number of ether oxygens (including phenoxy) is 1. The van der Waals surface area contributed by atoms with Gasteiger partial charge in [-0.2, -0.15) is 4.31 Å². The summed E-state index contributed by atoms with van der Waals surface area (Å²) in [5, 5.41) is 13.5. The lowest BCUT2D eigenvalue weighted by molar-refractivity contribution is -0.383. The first-order valence-electron chi connectivity index (χ1n) is 9.77. The van der Waals surface area contributed by atoms with Gasteiger partial charge in [-0.1, -0.05) is 25.4 Å². The van der Waals surface area contributed by atoms with Gasteiger partial charge in [0.15, 0.2) is 6.10 Å². The number of hydrogen-bond donors (Lipinski definition) is 2. The third-order valence-electron chi connectivity index (χ3n) is 4.65. The molecule has 0 fully saturated rings. The number of nitrogens with one attached hydrogen (secondary N) is 1. The van der Waals surface area contributed by atoms with E-state index in [1.54, 1.807) is 13.8 Å². The Morgan fingerprint density at radius 3 is 2.42 bits per heavy atom. The van der Waals surface area contributed by atoms with Crippen LogP contribution in [0.1, 0.15) is 31.1 Å². The van der Waals surface area contributed by atoms with E-state index in [2.05, 4.69) is 5.32 Å². The van der Waals surface area contributed by atoms with Crippen LogP contribution in [-0.2, 0) is 19.6 Å². The van der Waals surface area contributed by atoms with Crippen molar-refractivity contribution in [3.05, 3.63) is 57.1 Å². The number of rotatable bonds is 9. The molecule has 0 aliphatic heterocycles. The van der Waals surface area contributed by atoms with Crippen LogP contribution in [0.15, 0.2) is 41.3 Å². The normalized spacial score (nSPS) is 12.3. The average molecular weight is 499 g/mol. The molecule has 0 saturated heterocycles. The quantitative estimate of drug-likeness (QED) is 0.230. The molecule has 0 aliphatic carbocycles. The van der Waals surface area contributed by atoms with Crippen LogP contribution >= 0.6 is 11.6 Å². The number of esters is 1. The van der Waals surface area contributed by atoms with Crippen LogP contribution in [0.25, 0.3) is 0 Å². The van der Waals surface area contributed by atoms with Crippen molar-refractivity contribution in [3.63, 3.8) is 0 Å². The topological polar surface area (TPSA) is 162 Å². The summed E-state index contributed by atoms with van der Waals surface area (Å²) in [5.41, 5.74) is 4.75. The van der Waals surface area contributed by atoms with Gasteiger partial charge in [-0.15, -0.1) is 0 Å². The van der Waals surface area contributed by atoms with Crippen molar-refractivity contribution in [1.29, 1.82) is 0 Å². The van der Waals surface area contributed by atoms with Gasteiger partial charge in [-0.3, -0.25) is 14.9 Å². The molecule has 13 heteroatoms. The summed E-state index contributed by atoms with van der Waals surface area (Å²) in [7, 11) is -3.79. The maximum atomic E-state index is 12.7. The lowest BCUT2D eigenvalue weighted by Gasteiger charge is -2.19. The minimum Gasteiger partial charge on any atom is -0.449 e. The van der Waals surface area contributed by atoms with Gasteiger partial charge in [0, 0.05) is 19.2 Å². The Balaban J connectivity index is 2.19. The fourth-order valence-electron chi connectivity index (χ4n) is 2.82. The Hall–Kier alpha value is -3.22. The highest BCUT2D eigenvalue weighted by atomic mass is 35.5. The maximum Gasteiger partial charge on any atom is 0.339 e. The number of nitrogens with zero attached hydrogens (tertiary/aromatic N) is 2. The van der Waals surface area contributed by atoms with E-state index < -0.39 is 38.6 Å². The Morgan fingerprint density at radius 1 is 1.21 bits per heavy atom. The molecule has 0 aromatic heterocycles. The molecule has 0 aliphatic rings. The summed E-state index contributed by atoms with van der Waals surface area (Å²) in [6.07, 6.45) is -1.33. The molecule has 1 atom stereocenters. The first kappa shape index (κ1) is 26.0. The molecule has 33 heavy (non-hydrogen) atoms. The van der Waals surface area contributed by atoms with Crippen molar-refractivity contribution in [3.8, 4) is 0 Å². The predicted octanol–water partition coefficient (Wildman–Crippen LogP) is 3.04. The van der Waals surface area contributed by atoms with Gasteiger partial charge in [-0.05, 0) is 37.3 Å². The molecule has 2 rings (SSSR count). The lowest BCUT2D eigenvalue weighted by atomic mass is 10.2. The van der Waals surface area contributed by atoms with Gasteiger partial charge in [0.2, 0.25) is 10.0 Å². The number of nitro groups is 1. The molecule has 11 nitrogen and oxygen atoms in total. The number of amides is 1. The zero-order valence-electron chi connectivity index (χ0n) is 18.1. The highest BCUT2D eigenvalue weighted by molar-refractivity contribution is 7.89. The molecule has 3 N–H and O–H groups in total. The molecular formula is C20H23ClN4O7S. The lowest BCUT2D eigenvalue weighted by Crippen LogP contribution is -2.31. The van der Waals surface area contributed by atoms with E-state index in [1.165, 1.54) is 41.6 Å². The van der Waals surface area contributed by atoms with Crippen molar-refractivity contribution in [2.24, 2.45) is 0 Å². The minimum atomic E-state index is -3.79. The van der Waals surface area contributed by atoms with Crippen LogP contribution in [0.4, 0.5) is 17.1 Å². The summed E-state index contributed by atoms with van der Waals surface area (Å²) in [6.45, 7) is 5.21. The Morgan fingerprint density at radius 2 is 1.85 bits per heavy atom. The van der Waals surface area contributed by atoms with Gasteiger partial charge < -0.3 is 15.8 Å². The molecule has 2 aromatic carbocycles. The Labute approximate surface area is 195 Å². The summed E-state index contributed by atoms with van der Waals surface area (Å²) in [6, 6.07) is 7.22. The van der Waals surface area contributed by atoms with Gasteiger partial charge in [0.1, 0.15) is 5.69 Å². The van der Waals surface area contributed by atoms with Crippen LogP contribution in [0.5, 0.6) is 0 Å². The third kappa shape index (κ3) is 5.97. The van der Waals surface area contributed by atoms with Gasteiger partial charge in [-0.25, -0.2) is 13.2 Å². The number of sulfonamides is 1. The van der Waals surface area contributed by atoms with Crippen molar-refractivity contribution in [2.75, 3.05) is 24.1 Å². The van der Waals surface area contributed by atoms with E-state index >= 15 is 0 Å². The summed E-state index contributed by atoms with van der Waals surface area (Å²) in [5.74, 6) is -1.77. The average Bonchev–Trinajstić information content (AvgIpc) is 2.75. The minimum absolute atomic E-state index is 0.0147. The van der Waals surface area contributed by atoms with E-state index in [0.29, 0.717) is 0 Å². The number of carbonyl (C=O) groups is 2. The number of hydrogen-bond acceptors (Lipinski definition) is 8. The Bertz CT molecular complexity index is 1180. The second kappa shape index (κ2) is 10.6. The van der Waals surface area contributed by atoms with E-state index in [4.69, 9.17) is 22.1 Å². The maximum absolute atomic E-state index is 12.7. The van der Waals surface area contributed by atoms with Crippen molar-refractivity contribution < 1.29 is 27.7 Å². The fourth-order valence-corrected chi connectivity index (χ4v) is 4.47. The van der Waals surface area contributed by atoms with Gasteiger partial charge in [0.25, 0.3) is 11.6 Å². The van der Waals surface area contributed by atoms with Crippen molar-refractivity contribution >= 4 is 50.6 Å². The van der Waals surface area contributed by atoms with Gasteiger partial charge >= 0.3 is 5.97 Å². The molecule has 2 aromatic rings. The second-order valence-electron chi connectivity index (χ2n) is 6.80. The zero-order chi connectivity index (χ0) is 24.9. The van der Waals surface area contributed by atoms with E-state index in [9.17, 15) is 28.1 Å².